The molecule has 0 aromatic carbocycles. The SMILES string of the molecule is CC(O)=S.CC(O)=S.CC(O)=S.CC(O)=S.[Ti]. The van der Waals surface area contributed by atoms with Crippen molar-refractivity contribution >= 4 is 69.1 Å². The van der Waals surface area contributed by atoms with Crippen molar-refractivity contribution in [1.29, 1.82) is 0 Å². The molecule has 17 heavy (non-hydrogen) atoms. The molecule has 0 aliphatic heterocycles. The van der Waals surface area contributed by atoms with Crippen LogP contribution in [0.2, 0.25) is 0 Å². The molecule has 4 N–H and O–H groups in total. The Kier molecular flexibility index (Phi) is 45.0. The molecule has 0 aliphatic rings. The van der Waals surface area contributed by atoms with Gasteiger partial charge in [0.15, 0.2) is 20.2 Å². The van der Waals surface area contributed by atoms with Gasteiger partial charge in [0, 0.05) is 49.4 Å². The Hall–Kier alpha value is 0.274. The maximum atomic E-state index is 7.79. The van der Waals surface area contributed by atoms with Crippen LogP contribution in [0.15, 0.2) is 0 Å². The largest absolute Gasteiger partial charge is 0.502 e. The molecule has 0 aromatic heterocycles. The molecule has 0 rings (SSSR count). The van der Waals surface area contributed by atoms with Gasteiger partial charge < -0.3 is 20.4 Å². The third kappa shape index (κ3) is 44100. The second-order valence-corrected chi connectivity index (χ2v) is 4.44. The number of hydrogen-bond donors (Lipinski definition) is 4. The number of rotatable bonds is 0. The van der Waals surface area contributed by atoms with E-state index >= 15 is 0 Å². The molecule has 0 saturated heterocycles. The zero-order valence-corrected chi connectivity index (χ0v) is 14.7. The molecular formula is C8H16O4S4Ti. The summed E-state index contributed by atoms with van der Waals surface area (Å²) in [5, 5.41) is 31.1. The molecule has 0 atom stereocenters. The van der Waals surface area contributed by atoms with Gasteiger partial charge in [0.1, 0.15) is 0 Å². The van der Waals surface area contributed by atoms with E-state index in [1.165, 1.54) is 27.7 Å². The molecule has 0 bridgehead atoms. The predicted molar refractivity (Wildman–Crippen MR) is 83.6 cm³/mol. The number of thiocarbonyl (C=S) groups is 4. The summed E-state index contributed by atoms with van der Waals surface area (Å²) in [6, 6.07) is 0. The molecule has 100 valence electrons. The summed E-state index contributed by atoms with van der Waals surface area (Å²) < 4.78 is 0. The van der Waals surface area contributed by atoms with Crippen LogP contribution in [0.5, 0.6) is 0 Å². The molecule has 4 nitrogen and oxygen atoms in total. The van der Waals surface area contributed by atoms with E-state index in [-0.39, 0.29) is 41.9 Å². The first-order valence-corrected chi connectivity index (χ1v) is 5.34. The fourth-order valence-corrected chi connectivity index (χ4v) is 0. The molecule has 0 aliphatic carbocycles. The van der Waals surface area contributed by atoms with E-state index in [4.69, 9.17) is 20.4 Å². The van der Waals surface area contributed by atoms with Gasteiger partial charge in [-0.25, -0.2) is 0 Å². The first-order chi connectivity index (χ1) is 6.93. The quantitative estimate of drug-likeness (QED) is 0.389. The first kappa shape index (κ1) is 30.4. The molecular weight excluding hydrogens is 336 g/mol. The molecule has 0 unspecified atom stereocenters. The van der Waals surface area contributed by atoms with Crippen molar-refractivity contribution in [2.75, 3.05) is 0 Å². The Bertz CT molecular complexity index is 170. The average Bonchev–Trinajstić information content (AvgIpc) is 1.76. The van der Waals surface area contributed by atoms with Crippen LogP contribution in [0.25, 0.3) is 0 Å². The fraction of sp³-hybridized carbons (Fsp3) is 0.500. The number of aliphatic hydroxyl groups excluding tert-OH is 4. The van der Waals surface area contributed by atoms with Crippen molar-refractivity contribution < 1.29 is 42.1 Å². The van der Waals surface area contributed by atoms with Crippen LogP contribution in [0.3, 0.4) is 0 Å². The van der Waals surface area contributed by atoms with Gasteiger partial charge in [0.25, 0.3) is 0 Å². The molecule has 0 saturated carbocycles. The monoisotopic (exact) mass is 352 g/mol. The number of aliphatic hydroxyl groups is 4. The van der Waals surface area contributed by atoms with Crippen molar-refractivity contribution in [3.8, 4) is 0 Å². The molecule has 0 fully saturated rings. The second kappa shape index (κ2) is 25.2. The van der Waals surface area contributed by atoms with Crippen molar-refractivity contribution in [2.24, 2.45) is 0 Å². The van der Waals surface area contributed by atoms with Gasteiger partial charge in [-0.15, -0.1) is 0 Å². The molecule has 0 spiro atoms. The van der Waals surface area contributed by atoms with Gasteiger partial charge in [-0.3, -0.25) is 0 Å². The van der Waals surface area contributed by atoms with E-state index in [0.717, 1.165) is 0 Å². The first-order valence-electron chi connectivity index (χ1n) is 3.71. The van der Waals surface area contributed by atoms with Crippen LogP contribution in [-0.4, -0.2) is 40.6 Å². The smallest absolute Gasteiger partial charge is 0.153 e. The van der Waals surface area contributed by atoms with Crippen LogP contribution in [0.1, 0.15) is 27.7 Å². The van der Waals surface area contributed by atoms with E-state index in [0.29, 0.717) is 0 Å². The van der Waals surface area contributed by atoms with Crippen molar-refractivity contribution in [2.45, 2.75) is 27.7 Å². The molecule has 0 aromatic rings. The van der Waals surface area contributed by atoms with Gasteiger partial charge in [0.2, 0.25) is 0 Å². The minimum absolute atomic E-state index is 0. The topological polar surface area (TPSA) is 80.9 Å². The summed E-state index contributed by atoms with van der Waals surface area (Å²) in [6.45, 7) is 5.81. The second-order valence-electron chi connectivity index (χ2n) is 2.08. The van der Waals surface area contributed by atoms with E-state index in [2.05, 4.69) is 48.9 Å². The molecule has 0 radical (unpaired) electrons. The third-order valence-electron chi connectivity index (χ3n) is 0. The number of hydrogen-bond acceptors (Lipinski definition) is 4. The average molecular weight is 352 g/mol. The molecule has 9 heteroatoms. The van der Waals surface area contributed by atoms with Crippen LogP contribution in [0.4, 0.5) is 0 Å². The van der Waals surface area contributed by atoms with E-state index in [9.17, 15) is 0 Å². The van der Waals surface area contributed by atoms with Crippen molar-refractivity contribution in [3.05, 3.63) is 0 Å². The van der Waals surface area contributed by atoms with Crippen LogP contribution >= 0.6 is 48.9 Å². The minimum atomic E-state index is 0. The normalized spacial score (nSPS) is 5.88. The summed E-state index contributed by atoms with van der Waals surface area (Å²) in [5.41, 5.74) is 0. The van der Waals surface area contributed by atoms with E-state index < -0.39 is 0 Å². The van der Waals surface area contributed by atoms with Crippen LogP contribution < -0.4 is 0 Å². The fourth-order valence-electron chi connectivity index (χ4n) is 0. The van der Waals surface area contributed by atoms with Crippen molar-refractivity contribution in [1.82, 2.24) is 0 Å². The Morgan fingerprint density at radius 2 is 0.529 bits per heavy atom. The van der Waals surface area contributed by atoms with Gasteiger partial charge in [-0.1, -0.05) is 0 Å². The van der Waals surface area contributed by atoms with E-state index in [1.54, 1.807) is 0 Å². The van der Waals surface area contributed by atoms with Gasteiger partial charge >= 0.3 is 0 Å². The Balaban J connectivity index is -0.0000000369. The summed E-state index contributed by atoms with van der Waals surface area (Å²) in [5.74, 6) is 0. The van der Waals surface area contributed by atoms with Crippen LogP contribution in [-0.2, 0) is 21.7 Å². The van der Waals surface area contributed by atoms with Gasteiger partial charge in [-0.05, 0) is 48.9 Å². The minimum Gasteiger partial charge on any atom is -0.502 e. The summed E-state index contributed by atoms with van der Waals surface area (Å²) in [7, 11) is 0. The molecule has 0 heterocycles. The van der Waals surface area contributed by atoms with Crippen molar-refractivity contribution in [3.63, 3.8) is 0 Å². The summed E-state index contributed by atoms with van der Waals surface area (Å²) in [6.07, 6.45) is 0. The Labute approximate surface area is 138 Å². The standard InChI is InChI=1S/4C2H4OS.Ti/c4*1-2(3)4;/h4*1H3,(H,3,4);. The Morgan fingerprint density at radius 1 is 0.529 bits per heavy atom. The van der Waals surface area contributed by atoms with Gasteiger partial charge in [0.05, 0.1) is 0 Å². The van der Waals surface area contributed by atoms with E-state index in [1.807, 2.05) is 0 Å². The maximum absolute atomic E-state index is 7.79. The summed E-state index contributed by atoms with van der Waals surface area (Å²) >= 11 is 16.4. The Morgan fingerprint density at radius 3 is 0.529 bits per heavy atom. The molecule has 0 amide bonds. The third-order valence-corrected chi connectivity index (χ3v) is 0. The van der Waals surface area contributed by atoms with Crippen LogP contribution in [0, 0.1) is 0 Å². The zero-order chi connectivity index (χ0) is 14.3. The summed E-state index contributed by atoms with van der Waals surface area (Å²) in [4.78, 5) is 0. The maximum Gasteiger partial charge on any atom is 0.153 e. The zero-order valence-electron chi connectivity index (χ0n) is 9.92. The predicted octanol–water partition coefficient (Wildman–Crippen LogP) is 3.56. The van der Waals surface area contributed by atoms with Gasteiger partial charge in [-0.2, -0.15) is 0 Å².